The Hall–Kier alpha value is -3.67. The van der Waals surface area contributed by atoms with Crippen molar-refractivity contribution in [3.8, 4) is 17.6 Å². The van der Waals surface area contributed by atoms with Crippen LogP contribution in [0.3, 0.4) is 0 Å². The average molecular weight is 766 g/mol. The summed E-state index contributed by atoms with van der Waals surface area (Å²) in [5.74, 6) is 0.465. The second-order valence-corrected chi connectivity index (χ2v) is 15.7. The first-order chi connectivity index (χ1) is 24.1. The van der Waals surface area contributed by atoms with Crippen molar-refractivity contribution >= 4 is 45.1 Å². The molecule has 15 heteroatoms. The van der Waals surface area contributed by atoms with Gasteiger partial charge in [-0.3, -0.25) is 4.72 Å². The van der Waals surface area contributed by atoms with Gasteiger partial charge in [-0.15, -0.1) is 11.6 Å². The number of rotatable bonds is 21. The summed E-state index contributed by atoms with van der Waals surface area (Å²) in [4.78, 5) is 19.9. The number of benzene rings is 2. The van der Waals surface area contributed by atoms with Gasteiger partial charge in [0.2, 0.25) is 16.0 Å². The van der Waals surface area contributed by atoms with Crippen LogP contribution in [0.15, 0.2) is 48.7 Å². The molecular formula is C36H46Cl2N4O8S. The maximum atomic E-state index is 12.6. The maximum Gasteiger partial charge on any atom is 0.332 e. The van der Waals surface area contributed by atoms with Crippen LogP contribution in [-0.2, 0) is 41.1 Å². The van der Waals surface area contributed by atoms with E-state index in [0.717, 1.165) is 30.4 Å². The lowest BCUT2D eigenvalue weighted by atomic mass is 9.77. The molecule has 0 fully saturated rings. The number of anilines is 1. The topological polar surface area (TPSA) is 159 Å². The van der Waals surface area contributed by atoms with Crippen LogP contribution < -0.4 is 14.2 Å². The van der Waals surface area contributed by atoms with Crippen LogP contribution in [0, 0.1) is 11.3 Å². The van der Waals surface area contributed by atoms with Crippen molar-refractivity contribution in [2.45, 2.75) is 71.5 Å². The van der Waals surface area contributed by atoms with E-state index in [1.807, 2.05) is 38.1 Å². The minimum atomic E-state index is -3.74. The normalized spacial score (nSPS) is 11.9. The summed E-state index contributed by atoms with van der Waals surface area (Å²) in [5.41, 5.74) is 1.58. The van der Waals surface area contributed by atoms with E-state index in [1.54, 1.807) is 39.0 Å². The van der Waals surface area contributed by atoms with Gasteiger partial charge >= 0.3 is 5.97 Å². The van der Waals surface area contributed by atoms with Crippen molar-refractivity contribution in [1.82, 2.24) is 9.97 Å². The summed E-state index contributed by atoms with van der Waals surface area (Å²) in [7, 11) is -3.74. The summed E-state index contributed by atoms with van der Waals surface area (Å²) >= 11 is 12.2. The summed E-state index contributed by atoms with van der Waals surface area (Å²) in [6.45, 7) is 10.5. The van der Waals surface area contributed by atoms with Gasteiger partial charge in [0.05, 0.1) is 34.5 Å². The Balaban J connectivity index is 1.42. The number of aromatic nitrogens is 2. The van der Waals surface area contributed by atoms with E-state index in [1.165, 1.54) is 6.20 Å². The van der Waals surface area contributed by atoms with E-state index >= 15 is 0 Å². The number of sulfonamides is 1. The number of nitrogens with zero attached hydrogens (tertiary/aromatic N) is 3. The zero-order valence-electron chi connectivity index (χ0n) is 29.7. The van der Waals surface area contributed by atoms with Gasteiger partial charge in [0.1, 0.15) is 37.2 Å². The van der Waals surface area contributed by atoms with E-state index in [9.17, 15) is 18.5 Å². The first-order valence-electron chi connectivity index (χ1n) is 16.5. The van der Waals surface area contributed by atoms with E-state index < -0.39 is 27.0 Å². The molecule has 0 radical (unpaired) electrons. The zero-order chi connectivity index (χ0) is 37.5. The number of nitriles is 1. The fourth-order valence-electron chi connectivity index (χ4n) is 4.71. The highest BCUT2D eigenvalue weighted by Crippen LogP contribution is 2.38. The Morgan fingerprint density at radius 1 is 0.922 bits per heavy atom. The lowest BCUT2D eigenvalue weighted by Crippen LogP contribution is -2.26. The molecule has 0 spiro atoms. The Labute approximate surface area is 310 Å². The monoisotopic (exact) mass is 764 g/mol. The molecule has 0 unspecified atom stereocenters. The molecule has 0 bridgehead atoms. The third-order valence-electron chi connectivity index (χ3n) is 7.35. The lowest BCUT2D eigenvalue weighted by Gasteiger charge is -2.27. The van der Waals surface area contributed by atoms with E-state index in [0.29, 0.717) is 41.0 Å². The minimum absolute atomic E-state index is 0.0148. The van der Waals surface area contributed by atoms with Crippen LogP contribution >= 0.6 is 23.2 Å². The van der Waals surface area contributed by atoms with Crippen LogP contribution in [0.5, 0.6) is 11.5 Å². The van der Waals surface area contributed by atoms with Crippen molar-refractivity contribution in [3.05, 3.63) is 76.1 Å². The fourth-order valence-corrected chi connectivity index (χ4v) is 5.88. The van der Waals surface area contributed by atoms with Crippen molar-refractivity contribution in [2.75, 3.05) is 49.4 Å². The molecular weight excluding hydrogens is 719 g/mol. The van der Waals surface area contributed by atoms with E-state index in [-0.39, 0.29) is 44.0 Å². The molecule has 1 heterocycles. The molecule has 0 amide bonds. The van der Waals surface area contributed by atoms with Gasteiger partial charge in [-0.2, -0.15) is 5.26 Å². The van der Waals surface area contributed by atoms with Gasteiger partial charge in [-0.25, -0.2) is 23.2 Å². The van der Waals surface area contributed by atoms with E-state index in [4.69, 9.17) is 46.9 Å². The molecule has 51 heavy (non-hydrogen) atoms. The summed E-state index contributed by atoms with van der Waals surface area (Å²) in [5, 5.41) is 10.0. The first kappa shape index (κ1) is 41.7. The number of hydrogen-bond acceptors (Lipinski definition) is 11. The molecule has 12 nitrogen and oxygen atoms in total. The molecule has 3 rings (SSSR count). The molecule has 0 saturated heterocycles. The molecule has 278 valence electrons. The SMILES string of the molecule is CC(C)(C)OC(=O)COCCCCCOCCS(=O)(=O)Nc1nccc(COc2ccc(C(C)(C)c3cc(Cl)c(OCCCl)c(C#N)c3)cc2)n1. The molecule has 2 aromatic carbocycles. The van der Waals surface area contributed by atoms with Crippen molar-refractivity contribution < 1.29 is 36.9 Å². The number of carbonyl (C=O) groups is 1. The van der Waals surface area contributed by atoms with Crippen LogP contribution in [0.4, 0.5) is 5.95 Å². The van der Waals surface area contributed by atoms with Gasteiger partial charge in [0.25, 0.3) is 0 Å². The summed E-state index contributed by atoms with van der Waals surface area (Å²) in [6.07, 6.45) is 3.74. The molecule has 1 aromatic heterocycles. The van der Waals surface area contributed by atoms with Gasteiger partial charge in [-0.05, 0) is 81.5 Å². The standard InChI is InChI=1S/C36H46Cl2N4O8S/c1-35(2,3)50-32(43)25-47-17-8-6-7-16-46-19-20-51(44,45)42-34-40-15-13-29(41-34)24-49-30-11-9-27(10-12-30)36(4,5)28-21-26(23-39)33(31(38)22-28)48-18-14-37/h9-13,15,21-22H,6-8,14,16-20,24-25H2,1-5H3,(H,40,41,42). The number of alkyl halides is 1. The molecule has 0 saturated carbocycles. The Morgan fingerprint density at radius 2 is 1.63 bits per heavy atom. The number of nitrogens with one attached hydrogen (secondary N) is 1. The maximum absolute atomic E-state index is 12.6. The van der Waals surface area contributed by atoms with Gasteiger partial charge in [-0.1, -0.05) is 37.6 Å². The number of hydrogen-bond donors (Lipinski definition) is 1. The highest BCUT2D eigenvalue weighted by Gasteiger charge is 2.26. The van der Waals surface area contributed by atoms with Crippen LogP contribution in [-0.4, -0.2) is 74.6 Å². The fraction of sp³-hybridized carbons (Fsp3) is 0.500. The minimum Gasteiger partial charge on any atom is -0.489 e. The summed E-state index contributed by atoms with van der Waals surface area (Å²) in [6, 6.07) is 14.9. The largest absolute Gasteiger partial charge is 0.489 e. The second kappa shape index (κ2) is 19.8. The summed E-state index contributed by atoms with van der Waals surface area (Å²) < 4.78 is 55.0. The molecule has 1 N–H and O–H groups in total. The van der Waals surface area contributed by atoms with Gasteiger partial charge in [0.15, 0.2) is 5.75 Å². The van der Waals surface area contributed by atoms with Crippen LogP contribution in [0.1, 0.15) is 76.3 Å². The average Bonchev–Trinajstić information content (AvgIpc) is 3.06. The molecule has 3 aromatic rings. The predicted octanol–water partition coefficient (Wildman–Crippen LogP) is 6.81. The Morgan fingerprint density at radius 3 is 2.29 bits per heavy atom. The Kier molecular flexibility index (Phi) is 16.2. The number of carbonyl (C=O) groups excluding carboxylic acids is 1. The van der Waals surface area contributed by atoms with Crippen LogP contribution in [0.2, 0.25) is 5.02 Å². The molecule has 0 aliphatic rings. The van der Waals surface area contributed by atoms with Crippen molar-refractivity contribution in [3.63, 3.8) is 0 Å². The van der Waals surface area contributed by atoms with Gasteiger partial charge < -0.3 is 23.7 Å². The number of esters is 1. The smallest absolute Gasteiger partial charge is 0.332 e. The highest BCUT2D eigenvalue weighted by molar-refractivity contribution is 7.92. The lowest BCUT2D eigenvalue weighted by molar-refractivity contribution is -0.160. The van der Waals surface area contributed by atoms with Crippen molar-refractivity contribution in [1.29, 1.82) is 5.26 Å². The van der Waals surface area contributed by atoms with Gasteiger partial charge in [0, 0.05) is 24.8 Å². The predicted molar refractivity (Wildman–Crippen MR) is 196 cm³/mol. The molecule has 0 atom stereocenters. The first-order valence-corrected chi connectivity index (χ1v) is 19.1. The Bertz CT molecular complexity index is 1730. The number of unbranched alkanes of at least 4 members (excludes halogenated alkanes) is 2. The third kappa shape index (κ3) is 14.5. The van der Waals surface area contributed by atoms with Crippen molar-refractivity contribution in [2.24, 2.45) is 0 Å². The van der Waals surface area contributed by atoms with Crippen LogP contribution in [0.25, 0.3) is 0 Å². The number of ether oxygens (including phenoxy) is 5. The number of halogens is 2. The molecule has 0 aliphatic heterocycles. The quantitative estimate of drug-likeness (QED) is 0.0690. The molecule has 0 aliphatic carbocycles. The van der Waals surface area contributed by atoms with E-state index in [2.05, 4.69) is 20.8 Å². The third-order valence-corrected chi connectivity index (χ3v) is 8.98. The zero-order valence-corrected chi connectivity index (χ0v) is 32.0. The highest BCUT2D eigenvalue weighted by atomic mass is 35.5. The second-order valence-electron chi connectivity index (χ2n) is 13.0.